The van der Waals surface area contributed by atoms with Crippen LogP contribution in [0, 0.1) is 0 Å². The Kier molecular flexibility index (Phi) is 6.37. The van der Waals surface area contributed by atoms with Crippen molar-refractivity contribution in [2.45, 2.75) is 19.3 Å². The Morgan fingerprint density at radius 1 is 1.61 bits per heavy atom. The molecule has 1 rings (SSSR count). The van der Waals surface area contributed by atoms with Crippen molar-refractivity contribution in [3.05, 3.63) is 23.9 Å². The van der Waals surface area contributed by atoms with Gasteiger partial charge in [-0.15, -0.1) is 0 Å². The molecule has 0 saturated carbocycles. The predicted octanol–water partition coefficient (Wildman–Crippen LogP) is 0.519. The quantitative estimate of drug-likeness (QED) is 0.312. The van der Waals surface area contributed by atoms with E-state index in [-0.39, 0.29) is 12.4 Å². The van der Waals surface area contributed by atoms with E-state index in [4.69, 9.17) is 20.5 Å². The average Bonchev–Trinajstić information content (AvgIpc) is 2.38. The number of hydrogen-bond acceptors (Lipinski definition) is 6. The van der Waals surface area contributed by atoms with E-state index in [1.165, 1.54) is 7.11 Å². The first-order chi connectivity index (χ1) is 8.43. The number of nitrogen functional groups attached to an aromatic ring is 1. The zero-order valence-corrected chi connectivity index (χ0v) is 10.5. The van der Waals surface area contributed by atoms with Crippen LogP contribution >= 0.6 is 0 Å². The highest BCUT2D eigenvalue weighted by molar-refractivity contribution is 5.82. The normalized spacial score (nSPS) is 9.78. The maximum Gasteiger partial charge on any atom is 0.315 e. The van der Waals surface area contributed by atoms with Crippen molar-refractivity contribution in [3.63, 3.8) is 0 Å². The van der Waals surface area contributed by atoms with E-state index in [1.807, 2.05) is 0 Å². The number of esters is 1. The fourth-order valence-corrected chi connectivity index (χ4v) is 1.27. The van der Waals surface area contributed by atoms with Crippen molar-refractivity contribution < 1.29 is 19.4 Å². The van der Waals surface area contributed by atoms with Crippen LogP contribution in [0.5, 0.6) is 0 Å². The molecule has 18 heavy (non-hydrogen) atoms. The van der Waals surface area contributed by atoms with Crippen LogP contribution in [0.2, 0.25) is 0 Å². The Labute approximate surface area is 105 Å². The molecule has 0 spiro atoms. The van der Waals surface area contributed by atoms with Crippen LogP contribution in [0.4, 0.5) is 5.82 Å². The first kappa shape index (κ1) is 15.9. The van der Waals surface area contributed by atoms with Gasteiger partial charge in [0.25, 0.3) is 6.47 Å². The van der Waals surface area contributed by atoms with Gasteiger partial charge >= 0.3 is 5.97 Å². The minimum absolute atomic E-state index is 0.250. The van der Waals surface area contributed by atoms with Gasteiger partial charge in [0.05, 0.1) is 12.5 Å². The summed E-state index contributed by atoms with van der Waals surface area (Å²) in [6, 6.07) is 3.48. The van der Waals surface area contributed by atoms with Crippen molar-refractivity contribution in [3.8, 4) is 0 Å². The molecule has 0 radical (unpaired) electrons. The highest BCUT2D eigenvalue weighted by Gasteiger charge is 2.31. The maximum atomic E-state index is 11.5. The lowest BCUT2D eigenvalue weighted by molar-refractivity contribution is -0.146. The van der Waals surface area contributed by atoms with E-state index in [0.717, 1.165) is 5.56 Å². The molecule has 0 saturated heterocycles. The number of nitrogens with two attached hydrogens (primary N) is 1. The molecule has 0 fully saturated rings. The lowest BCUT2D eigenvalue weighted by Gasteiger charge is -2.22. The molecule has 0 aromatic carbocycles. The Bertz CT molecular complexity index is 407. The standard InChI is InChI=1S/C10H15N3O2.CH2O2/c1-10(2,9(14)15-3)7-4-5-12-8(6-7)13-11;2-1-3/h4-6H,11H2,1-3H3,(H,12,13);1H,(H,2,3). The van der Waals surface area contributed by atoms with Crippen molar-refractivity contribution in [2.75, 3.05) is 12.5 Å². The number of nitrogens with one attached hydrogen (secondary N) is 1. The summed E-state index contributed by atoms with van der Waals surface area (Å²) in [6.07, 6.45) is 1.59. The number of hydrogen-bond donors (Lipinski definition) is 3. The number of nitrogens with zero attached hydrogens (tertiary/aromatic N) is 1. The lowest BCUT2D eigenvalue weighted by Crippen LogP contribution is -2.30. The summed E-state index contributed by atoms with van der Waals surface area (Å²) in [7, 11) is 1.37. The van der Waals surface area contributed by atoms with Gasteiger partial charge in [0.2, 0.25) is 0 Å². The highest BCUT2D eigenvalue weighted by atomic mass is 16.5. The van der Waals surface area contributed by atoms with E-state index in [1.54, 1.807) is 32.2 Å². The number of ether oxygens (including phenoxy) is 1. The number of methoxy groups -OCH3 is 1. The van der Waals surface area contributed by atoms with Gasteiger partial charge < -0.3 is 15.3 Å². The summed E-state index contributed by atoms with van der Waals surface area (Å²) in [5.41, 5.74) is 2.53. The lowest BCUT2D eigenvalue weighted by atomic mass is 9.85. The molecule has 1 heterocycles. The zero-order valence-electron chi connectivity index (χ0n) is 10.5. The van der Waals surface area contributed by atoms with Crippen LogP contribution in [0.1, 0.15) is 19.4 Å². The number of hydrazine groups is 1. The van der Waals surface area contributed by atoms with Crippen molar-refractivity contribution >= 4 is 18.3 Å². The number of carboxylic acid groups (broad SMARTS) is 1. The van der Waals surface area contributed by atoms with Crippen LogP contribution in [0.15, 0.2) is 18.3 Å². The summed E-state index contributed by atoms with van der Waals surface area (Å²) < 4.78 is 4.73. The first-order valence-corrected chi connectivity index (χ1v) is 5.03. The van der Waals surface area contributed by atoms with Crippen molar-refractivity contribution in [1.29, 1.82) is 0 Å². The molecule has 0 atom stereocenters. The average molecular weight is 255 g/mol. The predicted molar refractivity (Wildman–Crippen MR) is 65.8 cm³/mol. The second-order valence-corrected chi connectivity index (χ2v) is 3.80. The SMILES string of the molecule is COC(=O)C(C)(C)c1ccnc(NN)c1.O=CO. The van der Waals surface area contributed by atoms with Gasteiger partial charge in [-0.1, -0.05) is 0 Å². The zero-order chi connectivity index (χ0) is 14.2. The number of carbonyl (C=O) groups is 2. The van der Waals surface area contributed by atoms with E-state index >= 15 is 0 Å². The van der Waals surface area contributed by atoms with Gasteiger partial charge in [-0.25, -0.2) is 10.8 Å². The Balaban J connectivity index is 0.000000873. The second kappa shape index (κ2) is 7.23. The molecule has 1 aromatic rings. The minimum Gasteiger partial charge on any atom is -0.483 e. The van der Waals surface area contributed by atoms with Gasteiger partial charge in [-0.05, 0) is 31.5 Å². The van der Waals surface area contributed by atoms with Crippen LogP contribution in [-0.2, 0) is 19.7 Å². The topological polar surface area (TPSA) is 115 Å². The number of aromatic nitrogens is 1. The maximum absolute atomic E-state index is 11.5. The number of rotatable bonds is 3. The highest BCUT2D eigenvalue weighted by Crippen LogP contribution is 2.25. The molecule has 7 heteroatoms. The van der Waals surface area contributed by atoms with Crippen LogP contribution < -0.4 is 11.3 Å². The molecule has 0 aliphatic carbocycles. The van der Waals surface area contributed by atoms with Crippen molar-refractivity contribution in [1.82, 2.24) is 4.98 Å². The molecule has 0 aliphatic heterocycles. The summed E-state index contributed by atoms with van der Waals surface area (Å²) >= 11 is 0. The third-order valence-electron chi connectivity index (χ3n) is 2.33. The molecule has 4 N–H and O–H groups in total. The summed E-state index contributed by atoms with van der Waals surface area (Å²) in [6.45, 7) is 3.32. The van der Waals surface area contributed by atoms with E-state index in [2.05, 4.69) is 10.4 Å². The summed E-state index contributed by atoms with van der Waals surface area (Å²) in [5, 5.41) is 6.89. The third-order valence-corrected chi connectivity index (χ3v) is 2.33. The largest absolute Gasteiger partial charge is 0.483 e. The molecule has 0 unspecified atom stereocenters. The molecular formula is C11H17N3O4. The van der Waals surface area contributed by atoms with Gasteiger partial charge in [0, 0.05) is 6.20 Å². The minimum atomic E-state index is -0.705. The van der Waals surface area contributed by atoms with Gasteiger partial charge in [-0.3, -0.25) is 9.59 Å². The second-order valence-electron chi connectivity index (χ2n) is 3.80. The van der Waals surface area contributed by atoms with Gasteiger partial charge in [-0.2, -0.15) is 0 Å². The molecule has 7 nitrogen and oxygen atoms in total. The molecule has 100 valence electrons. The number of pyridine rings is 1. The van der Waals surface area contributed by atoms with E-state index in [9.17, 15) is 4.79 Å². The molecule has 0 aliphatic rings. The summed E-state index contributed by atoms with van der Waals surface area (Å²) in [4.78, 5) is 23.9. The fraction of sp³-hybridized carbons (Fsp3) is 0.364. The van der Waals surface area contributed by atoms with Crippen molar-refractivity contribution in [2.24, 2.45) is 5.84 Å². The van der Waals surface area contributed by atoms with Crippen LogP contribution in [-0.4, -0.2) is 29.6 Å². The Morgan fingerprint density at radius 3 is 2.61 bits per heavy atom. The number of carbonyl (C=O) groups excluding carboxylic acids is 1. The van der Waals surface area contributed by atoms with Gasteiger partial charge in [0.1, 0.15) is 5.82 Å². The van der Waals surface area contributed by atoms with Crippen LogP contribution in [0.3, 0.4) is 0 Å². The Morgan fingerprint density at radius 2 is 2.17 bits per heavy atom. The van der Waals surface area contributed by atoms with E-state index in [0.29, 0.717) is 5.82 Å². The smallest absolute Gasteiger partial charge is 0.315 e. The Hall–Kier alpha value is -2.15. The summed E-state index contributed by atoms with van der Waals surface area (Å²) in [5.74, 6) is 5.47. The third kappa shape index (κ3) is 4.02. The first-order valence-electron chi connectivity index (χ1n) is 5.03. The fourth-order valence-electron chi connectivity index (χ4n) is 1.27. The molecular weight excluding hydrogens is 238 g/mol. The van der Waals surface area contributed by atoms with Gasteiger partial charge in [0.15, 0.2) is 0 Å². The monoisotopic (exact) mass is 255 g/mol. The van der Waals surface area contributed by atoms with Crippen LogP contribution in [0.25, 0.3) is 0 Å². The molecule has 0 bridgehead atoms. The van der Waals surface area contributed by atoms with E-state index < -0.39 is 5.41 Å². The number of anilines is 1. The molecule has 0 amide bonds. The molecule has 1 aromatic heterocycles.